The van der Waals surface area contributed by atoms with E-state index in [1.807, 2.05) is 0 Å². The summed E-state index contributed by atoms with van der Waals surface area (Å²) < 4.78 is 32.8. The Balaban J connectivity index is 1.95. The van der Waals surface area contributed by atoms with Crippen molar-refractivity contribution in [1.29, 1.82) is 0 Å². The van der Waals surface area contributed by atoms with E-state index in [0.29, 0.717) is 18.7 Å². The number of sulfonamides is 1. The first kappa shape index (κ1) is 16.5. The molecule has 0 unspecified atom stereocenters. The van der Waals surface area contributed by atoms with Gasteiger partial charge < -0.3 is 9.42 Å². The molecule has 0 atom stereocenters. The number of nitrogens with zero attached hydrogens (tertiary/aromatic N) is 2. The average molecular weight is 349 g/mol. The van der Waals surface area contributed by atoms with Crippen molar-refractivity contribution in [3.63, 3.8) is 0 Å². The largest absolute Gasteiger partial charge is 0.360 e. The lowest BCUT2D eigenvalue weighted by Crippen LogP contribution is -2.29. The van der Waals surface area contributed by atoms with Crippen LogP contribution in [-0.4, -0.2) is 37.5 Å². The predicted molar refractivity (Wildman–Crippen MR) is 88.4 cm³/mol. The molecule has 1 saturated heterocycles. The molecule has 24 heavy (non-hydrogen) atoms. The van der Waals surface area contributed by atoms with Crippen LogP contribution in [0.15, 0.2) is 33.7 Å². The van der Waals surface area contributed by atoms with Gasteiger partial charge in [-0.3, -0.25) is 9.52 Å². The van der Waals surface area contributed by atoms with Crippen molar-refractivity contribution in [3.05, 3.63) is 41.3 Å². The fourth-order valence-corrected chi connectivity index (χ4v) is 4.31. The van der Waals surface area contributed by atoms with E-state index in [-0.39, 0.29) is 27.9 Å². The van der Waals surface area contributed by atoms with Gasteiger partial charge in [0.1, 0.15) is 5.69 Å². The van der Waals surface area contributed by atoms with E-state index in [2.05, 4.69) is 9.88 Å². The number of nitrogens with one attached hydrogen (secondary N) is 1. The van der Waals surface area contributed by atoms with E-state index in [1.54, 1.807) is 36.1 Å². The van der Waals surface area contributed by atoms with Crippen molar-refractivity contribution in [2.75, 3.05) is 17.8 Å². The van der Waals surface area contributed by atoms with Gasteiger partial charge in [0, 0.05) is 13.1 Å². The van der Waals surface area contributed by atoms with E-state index < -0.39 is 10.0 Å². The monoisotopic (exact) mass is 349 g/mol. The molecular weight excluding hydrogens is 330 g/mol. The van der Waals surface area contributed by atoms with E-state index in [1.165, 1.54) is 6.92 Å². The predicted octanol–water partition coefficient (Wildman–Crippen LogP) is 2.33. The standard InChI is InChI=1S/C16H19N3O4S/c1-11-15(12(2)23-17-11)24(21,22)18-14-8-4-3-7-13(14)16(20)19-9-5-6-10-19/h3-4,7-8,18H,5-6,9-10H2,1-2H3. The lowest BCUT2D eigenvalue weighted by molar-refractivity contribution is 0.0794. The maximum Gasteiger partial charge on any atom is 0.267 e. The number of rotatable bonds is 4. The van der Waals surface area contributed by atoms with Crippen LogP contribution in [0, 0.1) is 13.8 Å². The van der Waals surface area contributed by atoms with Crippen molar-refractivity contribution in [2.45, 2.75) is 31.6 Å². The van der Waals surface area contributed by atoms with Crippen molar-refractivity contribution in [3.8, 4) is 0 Å². The molecule has 1 amide bonds. The zero-order chi connectivity index (χ0) is 17.3. The molecule has 8 heteroatoms. The Bertz CT molecular complexity index is 848. The Morgan fingerprint density at radius 3 is 2.50 bits per heavy atom. The van der Waals surface area contributed by atoms with Crippen LogP contribution < -0.4 is 4.72 Å². The van der Waals surface area contributed by atoms with Gasteiger partial charge in [-0.15, -0.1) is 0 Å². The van der Waals surface area contributed by atoms with Gasteiger partial charge in [-0.05, 0) is 38.8 Å². The number of likely N-dealkylation sites (tertiary alicyclic amines) is 1. The minimum atomic E-state index is -3.89. The number of hydrogen-bond donors (Lipinski definition) is 1. The lowest BCUT2D eigenvalue weighted by Gasteiger charge is -2.18. The van der Waals surface area contributed by atoms with Gasteiger partial charge in [-0.1, -0.05) is 17.3 Å². The third-order valence-corrected chi connectivity index (χ3v) is 5.64. The number of anilines is 1. The van der Waals surface area contributed by atoms with Crippen molar-refractivity contribution in [2.24, 2.45) is 0 Å². The third kappa shape index (κ3) is 3.01. The maximum atomic E-state index is 12.7. The molecule has 2 heterocycles. The summed E-state index contributed by atoms with van der Waals surface area (Å²) in [5.74, 6) is 0.0490. The van der Waals surface area contributed by atoms with Crippen LogP contribution in [0.3, 0.4) is 0 Å². The summed E-state index contributed by atoms with van der Waals surface area (Å²) in [7, 11) is -3.89. The highest BCUT2D eigenvalue weighted by atomic mass is 32.2. The van der Waals surface area contributed by atoms with Gasteiger partial charge in [0.2, 0.25) is 0 Å². The number of aromatic nitrogens is 1. The molecule has 1 aromatic heterocycles. The first-order chi connectivity index (χ1) is 11.4. The molecule has 0 spiro atoms. The Kier molecular flexibility index (Phi) is 4.31. The summed E-state index contributed by atoms with van der Waals surface area (Å²) in [6, 6.07) is 6.62. The molecule has 1 aliphatic rings. The molecule has 0 bridgehead atoms. The summed E-state index contributed by atoms with van der Waals surface area (Å²) in [5.41, 5.74) is 0.882. The van der Waals surface area contributed by atoms with Crippen LogP contribution in [0.2, 0.25) is 0 Å². The summed E-state index contributed by atoms with van der Waals surface area (Å²) in [5, 5.41) is 3.68. The lowest BCUT2D eigenvalue weighted by atomic mass is 10.1. The molecule has 2 aromatic rings. The number of aryl methyl sites for hydroxylation is 2. The van der Waals surface area contributed by atoms with Crippen LogP contribution >= 0.6 is 0 Å². The van der Waals surface area contributed by atoms with Crippen LogP contribution in [0.25, 0.3) is 0 Å². The second kappa shape index (κ2) is 6.27. The quantitative estimate of drug-likeness (QED) is 0.914. The van der Waals surface area contributed by atoms with Crippen LogP contribution in [-0.2, 0) is 10.0 Å². The van der Waals surface area contributed by atoms with Gasteiger partial charge in [0.15, 0.2) is 10.7 Å². The van der Waals surface area contributed by atoms with Crippen molar-refractivity contribution < 1.29 is 17.7 Å². The Hall–Kier alpha value is -2.35. The zero-order valence-electron chi connectivity index (χ0n) is 13.6. The number of amides is 1. The average Bonchev–Trinajstić information content (AvgIpc) is 3.17. The van der Waals surface area contributed by atoms with Crippen LogP contribution in [0.5, 0.6) is 0 Å². The summed E-state index contributed by atoms with van der Waals surface area (Å²) in [4.78, 5) is 14.4. The van der Waals surface area contributed by atoms with Gasteiger partial charge in [-0.2, -0.15) is 0 Å². The minimum absolute atomic E-state index is 0.00549. The minimum Gasteiger partial charge on any atom is -0.360 e. The molecule has 1 N–H and O–H groups in total. The highest BCUT2D eigenvalue weighted by Crippen LogP contribution is 2.25. The number of carbonyl (C=O) groups excluding carboxylic acids is 1. The summed E-state index contributed by atoms with van der Waals surface area (Å²) in [6.45, 7) is 4.50. The van der Waals surface area contributed by atoms with E-state index in [4.69, 9.17) is 4.52 Å². The normalized spacial score (nSPS) is 14.8. The number of hydrogen-bond acceptors (Lipinski definition) is 5. The molecular formula is C16H19N3O4S. The molecule has 0 aliphatic carbocycles. The topological polar surface area (TPSA) is 92.5 Å². The summed E-state index contributed by atoms with van der Waals surface area (Å²) in [6.07, 6.45) is 1.94. The first-order valence-corrected chi connectivity index (χ1v) is 9.22. The molecule has 3 rings (SSSR count). The molecule has 128 valence electrons. The third-order valence-electron chi connectivity index (χ3n) is 4.03. The smallest absolute Gasteiger partial charge is 0.267 e. The Morgan fingerprint density at radius 2 is 1.88 bits per heavy atom. The Labute approximate surface area is 140 Å². The first-order valence-electron chi connectivity index (χ1n) is 7.74. The molecule has 0 saturated carbocycles. The van der Waals surface area contributed by atoms with E-state index in [0.717, 1.165) is 12.8 Å². The summed E-state index contributed by atoms with van der Waals surface area (Å²) >= 11 is 0. The highest BCUT2D eigenvalue weighted by Gasteiger charge is 2.27. The fraction of sp³-hybridized carbons (Fsp3) is 0.375. The maximum absolute atomic E-state index is 12.7. The molecule has 1 aromatic carbocycles. The van der Waals surface area contributed by atoms with Gasteiger partial charge in [0.25, 0.3) is 15.9 Å². The van der Waals surface area contributed by atoms with Crippen LogP contribution in [0.1, 0.15) is 34.7 Å². The van der Waals surface area contributed by atoms with Gasteiger partial charge in [0.05, 0.1) is 11.3 Å². The highest BCUT2D eigenvalue weighted by molar-refractivity contribution is 7.92. The van der Waals surface area contributed by atoms with Crippen molar-refractivity contribution in [1.82, 2.24) is 10.1 Å². The zero-order valence-corrected chi connectivity index (χ0v) is 14.4. The SMILES string of the molecule is Cc1noc(C)c1S(=O)(=O)Nc1ccccc1C(=O)N1CCCC1. The molecule has 7 nitrogen and oxygen atoms in total. The number of benzene rings is 1. The second-order valence-electron chi connectivity index (χ2n) is 5.80. The van der Waals surface area contributed by atoms with E-state index >= 15 is 0 Å². The van der Waals surface area contributed by atoms with E-state index in [9.17, 15) is 13.2 Å². The number of carbonyl (C=O) groups is 1. The molecule has 0 radical (unpaired) electrons. The van der Waals surface area contributed by atoms with Crippen LogP contribution in [0.4, 0.5) is 5.69 Å². The van der Waals surface area contributed by atoms with Crippen molar-refractivity contribution >= 4 is 21.6 Å². The Morgan fingerprint density at radius 1 is 1.21 bits per heavy atom. The molecule has 1 fully saturated rings. The molecule has 1 aliphatic heterocycles. The number of para-hydroxylation sites is 1. The van der Waals surface area contributed by atoms with Gasteiger partial charge in [-0.25, -0.2) is 8.42 Å². The van der Waals surface area contributed by atoms with Gasteiger partial charge >= 0.3 is 0 Å². The second-order valence-corrected chi connectivity index (χ2v) is 7.42. The fourth-order valence-electron chi connectivity index (χ4n) is 2.90.